The number of aromatic amines is 2. The van der Waals surface area contributed by atoms with Gasteiger partial charge in [-0.25, -0.2) is 19.7 Å². The zero-order chi connectivity index (χ0) is 24.5. The average molecular weight is 489 g/mol. The molecule has 0 spiro atoms. The van der Waals surface area contributed by atoms with Crippen LogP contribution < -0.4 is 16.2 Å². The molecule has 0 saturated carbocycles. The normalized spacial score (nSPS) is 11.4. The molecule has 0 fully saturated rings. The van der Waals surface area contributed by atoms with Gasteiger partial charge >= 0.3 is 12.2 Å². The second-order valence-corrected chi connectivity index (χ2v) is 8.04. The number of pyridine rings is 2. The Bertz CT molecular complexity index is 1410. The number of urea groups is 1. The van der Waals surface area contributed by atoms with Gasteiger partial charge < -0.3 is 15.3 Å². The molecule has 176 valence electrons. The summed E-state index contributed by atoms with van der Waals surface area (Å²) in [6.07, 6.45) is -0.204. The second kappa shape index (κ2) is 9.09. The Morgan fingerprint density at radius 3 is 2.59 bits per heavy atom. The van der Waals surface area contributed by atoms with Crippen molar-refractivity contribution in [3.8, 4) is 33.1 Å². The highest BCUT2D eigenvalue weighted by atomic mass is 32.1. The van der Waals surface area contributed by atoms with E-state index in [1.54, 1.807) is 26.1 Å². The van der Waals surface area contributed by atoms with Crippen LogP contribution in [0.5, 0.6) is 0 Å². The lowest BCUT2D eigenvalue weighted by molar-refractivity contribution is -0.140. The number of nitrogens with zero attached hydrogens (tertiary/aromatic N) is 3. The van der Waals surface area contributed by atoms with Crippen LogP contribution in [0, 0.1) is 6.92 Å². The fourth-order valence-corrected chi connectivity index (χ4v) is 4.00. The Morgan fingerprint density at radius 2 is 1.94 bits per heavy atom. The number of anilines is 1. The molecule has 0 unspecified atom stereocenters. The summed E-state index contributed by atoms with van der Waals surface area (Å²) in [5.74, 6) is 0.470. The molecule has 0 aromatic carbocycles. The second-order valence-electron chi connectivity index (χ2n) is 7.18. The van der Waals surface area contributed by atoms with Crippen LogP contribution in [0.3, 0.4) is 0 Å². The van der Waals surface area contributed by atoms with Crippen molar-refractivity contribution in [1.82, 2.24) is 30.2 Å². The molecule has 4 N–H and O–H groups in total. The number of alkyl halides is 3. The number of aryl methyl sites for hydroxylation is 1. The van der Waals surface area contributed by atoms with Gasteiger partial charge in [0.25, 0.3) is 5.56 Å². The summed E-state index contributed by atoms with van der Waals surface area (Å²) in [6, 6.07) is 2.49. The van der Waals surface area contributed by atoms with Crippen molar-refractivity contribution in [2.75, 3.05) is 11.9 Å². The van der Waals surface area contributed by atoms with E-state index in [-0.39, 0.29) is 16.4 Å². The van der Waals surface area contributed by atoms with Crippen LogP contribution in [0.25, 0.3) is 33.1 Å². The van der Waals surface area contributed by atoms with E-state index in [0.717, 1.165) is 22.4 Å². The van der Waals surface area contributed by atoms with Gasteiger partial charge in [0.2, 0.25) is 0 Å². The van der Waals surface area contributed by atoms with Gasteiger partial charge in [-0.1, -0.05) is 0 Å². The van der Waals surface area contributed by atoms with Crippen molar-refractivity contribution in [1.29, 1.82) is 0 Å². The average Bonchev–Trinajstić information content (AvgIpc) is 3.44. The van der Waals surface area contributed by atoms with E-state index >= 15 is 0 Å². The number of rotatable bonds is 5. The van der Waals surface area contributed by atoms with Crippen molar-refractivity contribution < 1.29 is 18.0 Å². The van der Waals surface area contributed by atoms with Crippen molar-refractivity contribution in [3.63, 3.8) is 0 Å². The molecule has 0 bridgehead atoms. The predicted octanol–water partition coefficient (Wildman–Crippen LogP) is 4.42. The van der Waals surface area contributed by atoms with E-state index in [1.165, 1.54) is 18.5 Å². The number of carbonyl (C=O) groups is 1. The summed E-state index contributed by atoms with van der Waals surface area (Å²) < 4.78 is 39.5. The van der Waals surface area contributed by atoms with Gasteiger partial charge in [-0.15, -0.1) is 11.3 Å². The number of aromatic nitrogens is 5. The third-order valence-corrected chi connectivity index (χ3v) is 5.56. The number of hydrogen-bond donors (Lipinski definition) is 4. The van der Waals surface area contributed by atoms with Crippen LogP contribution in [0.4, 0.5) is 23.8 Å². The number of H-pyrrole nitrogens is 2. The first-order chi connectivity index (χ1) is 16.2. The van der Waals surface area contributed by atoms with E-state index in [0.29, 0.717) is 29.1 Å². The number of halogens is 3. The lowest BCUT2D eigenvalue weighted by atomic mass is 10.0. The zero-order valence-corrected chi connectivity index (χ0v) is 18.7. The number of carbonyl (C=O) groups excluding carboxylic acids is 1. The number of thiazole rings is 1. The van der Waals surface area contributed by atoms with Crippen LogP contribution in [0.1, 0.15) is 18.3 Å². The standard InChI is InChI=1S/C21H18F3N7O2S/c1-3-25-20(33)31-16-5-12(19-30-15(9-34-19)21(22,23)24)14(8-26-16)11-4-13(18(32)28-7-11)17-27-6-10(2)29-17/h4-9H,3H2,1-2H3,(H,27,29)(H,28,32)(H2,25,26,31,33). The van der Waals surface area contributed by atoms with Crippen molar-refractivity contribution in [3.05, 3.63) is 57.8 Å². The third-order valence-electron chi connectivity index (χ3n) is 4.68. The van der Waals surface area contributed by atoms with Crippen LogP contribution in [0.2, 0.25) is 0 Å². The maximum absolute atomic E-state index is 13.2. The van der Waals surface area contributed by atoms with Gasteiger partial charge in [0.1, 0.15) is 16.6 Å². The van der Waals surface area contributed by atoms with E-state index in [4.69, 9.17) is 0 Å². The molecule has 0 aliphatic rings. The third kappa shape index (κ3) is 4.83. The summed E-state index contributed by atoms with van der Waals surface area (Å²) >= 11 is 0.806. The maximum atomic E-state index is 13.2. The fraction of sp³-hybridized carbons (Fsp3) is 0.190. The highest BCUT2D eigenvalue weighted by Gasteiger charge is 2.34. The minimum atomic E-state index is -4.60. The summed E-state index contributed by atoms with van der Waals surface area (Å²) in [4.78, 5) is 42.1. The SMILES string of the molecule is CCNC(=O)Nc1cc(-c2nc(C(F)(F)F)cs2)c(-c2c[nH]c(=O)c(-c3ncc(C)[nH]3)c2)cn1. The molecule has 0 saturated heterocycles. The lowest BCUT2D eigenvalue weighted by Gasteiger charge is -2.12. The van der Waals surface area contributed by atoms with Crippen molar-refractivity contribution in [2.45, 2.75) is 20.0 Å². The molecule has 4 aromatic heterocycles. The minimum absolute atomic E-state index is 0.0743. The molecule has 0 atom stereocenters. The molecule has 4 rings (SSSR count). The molecule has 34 heavy (non-hydrogen) atoms. The fourth-order valence-electron chi connectivity index (χ4n) is 3.14. The van der Waals surface area contributed by atoms with E-state index in [2.05, 4.69) is 35.6 Å². The van der Waals surface area contributed by atoms with E-state index < -0.39 is 23.5 Å². The highest BCUT2D eigenvalue weighted by molar-refractivity contribution is 7.13. The summed E-state index contributed by atoms with van der Waals surface area (Å²) in [6.45, 7) is 3.91. The smallest absolute Gasteiger partial charge is 0.342 e. The van der Waals surface area contributed by atoms with Crippen LogP contribution >= 0.6 is 11.3 Å². The summed E-state index contributed by atoms with van der Waals surface area (Å²) in [5.41, 5.74) is 0.764. The van der Waals surface area contributed by atoms with Gasteiger partial charge in [-0.05, 0) is 26.0 Å². The molecule has 0 radical (unpaired) electrons. The first-order valence-corrected chi connectivity index (χ1v) is 10.9. The van der Waals surface area contributed by atoms with Gasteiger partial charge in [-0.3, -0.25) is 10.1 Å². The number of amides is 2. The Hall–Kier alpha value is -4.00. The Labute approximate surface area is 194 Å². The lowest BCUT2D eigenvalue weighted by Crippen LogP contribution is -2.28. The molecule has 0 aliphatic heterocycles. The summed E-state index contributed by atoms with van der Waals surface area (Å²) in [5, 5.41) is 6.09. The topological polar surface area (TPSA) is 128 Å². The van der Waals surface area contributed by atoms with Crippen molar-refractivity contribution >= 4 is 23.2 Å². The van der Waals surface area contributed by atoms with Crippen LogP contribution in [-0.4, -0.2) is 37.5 Å². The van der Waals surface area contributed by atoms with Crippen molar-refractivity contribution in [2.24, 2.45) is 0 Å². The molecule has 0 aliphatic carbocycles. The van der Waals surface area contributed by atoms with Gasteiger partial charge in [-0.2, -0.15) is 13.2 Å². The molecule has 4 aromatic rings. The van der Waals surface area contributed by atoms with Gasteiger partial charge in [0.15, 0.2) is 5.69 Å². The van der Waals surface area contributed by atoms with Gasteiger partial charge in [0.05, 0.1) is 5.56 Å². The number of imidazole rings is 1. The molecule has 13 heteroatoms. The Morgan fingerprint density at radius 1 is 1.15 bits per heavy atom. The quantitative estimate of drug-likeness (QED) is 0.330. The maximum Gasteiger partial charge on any atom is 0.434 e. The van der Waals surface area contributed by atoms with Crippen LogP contribution in [-0.2, 0) is 6.18 Å². The number of hydrogen-bond acceptors (Lipinski definition) is 6. The number of nitrogens with one attached hydrogen (secondary N) is 4. The molecule has 9 nitrogen and oxygen atoms in total. The molecule has 2 amide bonds. The first kappa shape index (κ1) is 23.2. The molecular weight excluding hydrogens is 471 g/mol. The molecule has 4 heterocycles. The highest BCUT2D eigenvalue weighted by Crippen LogP contribution is 2.38. The summed E-state index contributed by atoms with van der Waals surface area (Å²) in [7, 11) is 0. The zero-order valence-electron chi connectivity index (χ0n) is 17.9. The molecular formula is C21H18F3N7O2S. The first-order valence-electron chi connectivity index (χ1n) is 9.98. The van der Waals surface area contributed by atoms with Crippen LogP contribution in [0.15, 0.2) is 40.9 Å². The predicted molar refractivity (Wildman–Crippen MR) is 121 cm³/mol. The monoisotopic (exact) mass is 489 g/mol. The Balaban J connectivity index is 1.84. The van der Waals surface area contributed by atoms with E-state index in [9.17, 15) is 22.8 Å². The largest absolute Gasteiger partial charge is 0.434 e. The minimum Gasteiger partial charge on any atom is -0.342 e. The Kier molecular flexibility index (Phi) is 6.20. The van der Waals surface area contributed by atoms with Gasteiger partial charge in [0, 0.05) is 52.9 Å². The van der Waals surface area contributed by atoms with E-state index in [1.807, 2.05) is 0 Å².